The van der Waals surface area contributed by atoms with Gasteiger partial charge >= 0.3 is 0 Å². The molecule has 4 nitrogen and oxygen atoms in total. The number of hydrogen-bond donors (Lipinski definition) is 0. The maximum absolute atomic E-state index is 9.07. The molecule has 17 heavy (non-hydrogen) atoms. The molecule has 0 aliphatic rings. The van der Waals surface area contributed by atoms with Gasteiger partial charge in [0.2, 0.25) is 0 Å². The molecule has 0 amide bonds. The molecule has 2 aromatic rings. The molecule has 0 radical (unpaired) electrons. The summed E-state index contributed by atoms with van der Waals surface area (Å²) in [6.45, 7) is 0. The highest BCUT2D eigenvalue weighted by atomic mass is 127. The fraction of sp³-hybridized carbons (Fsp3) is 0.0833. The molecule has 0 bridgehead atoms. The minimum Gasteiger partial charge on any atom is -0.327 e. The van der Waals surface area contributed by atoms with Crippen molar-refractivity contribution in [2.24, 2.45) is 0 Å². The van der Waals surface area contributed by atoms with Gasteiger partial charge in [0, 0.05) is 13.2 Å². The van der Waals surface area contributed by atoms with Crippen molar-refractivity contribution in [1.29, 1.82) is 5.26 Å². The Balaban J connectivity index is 2.48. The molecule has 1 heterocycles. The molecule has 0 atom stereocenters. The molecule has 0 N–H and O–H groups in total. The van der Waals surface area contributed by atoms with Gasteiger partial charge in [0.25, 0.3) is 0 Å². The van der Waals surface area contributed by atoms with Crippen LogP contribution in [0, 0.1) is 14.9 Å². The lowest BCUT2D eigenvalue weighted by molar-refractivity contribution is 1.06. The second kappa shape index (κ2) is 5.10. The molecule has 0 fully saturated rings. The molecule has 0 saturated heterocycles. The van der Waals surface area contributed by atoms with E-state index in [0.717, 1.165) is 15.1 Å². The average molecular weight is 336 g/mol. The first kappa shape index (κ1) is 11.8. The van der Waals surface area contributed by atoms with E-state index < -0.39 is 0 Å². The lowest BCUT2D eigenvalue weighted by Gasteiger charge is -2.20. The molecule has 0 spiro atoms. The largest absolute Gasteiger partial charge is 0.327 e. The first-order chi connectivity index (χ1) is 8.24. The van der Waals surface area contributed by atoms with Crippen molar-refractivity contribution in [1.82, 2.24) is 9.97 Å². The number of nitriles is 1. The zero-order valence-corrected chi connectivity index (χ0v) is 11.3. The van der Waals surface area contributed by atoms with Crippen molar-refractivity contribution in [3.63, 3.8) is 0 Å². The number of para-hydroxylation sites is 1. The molecular weight excluding hydrogens is 327 g/mol. The van der Waals surface area contributed by atoms with Crippen LogP contribution in [0.15, 0.2) is 36.8 Å². The Hall–Kier alpha value is -1.68. The summed E-state index contributed by atoms with van der Waals surface area (Å²) in [7, 11) is 1.89. The normalized spacial score (nSPS) is 9.71. The van der Waals surface area contributed by atoms with Crippen molar-refractivity contribution in [2.45, 2.75) is 0 Å². The third-order valence-corrected chi connectivity index (χ3v) is 3.11. The fourth-order valence-corrected chi connectivity index (χ4v) is 2.19. The van der Waals surface area contributed by atoms with Crippen molar-refractivity contribution >= 4 is 34.1 Å². The molecule has 2 rings (SSSR count). The van der Waals surface area contributed by atoms with Crippen LogP contribution in [-0.2, 0) is 0 Å². The number of rotatable bonds is 2. The van der Waals surface area contributed by atoms with E-state index in [4.69, 9.17) is 5.26 Å². The topological polar surface area (TPSA) is 52.8 Å². The smallest absolute Gasteiger partial charge is 0.149 e. The van der Waals surface area contributed by atoms with Crippen LogP contribution in [-0.4, -0.2) is 17.0 Å². The Kier molecular flexibility index (Phi) is 3.54. The van der Waals surface area contributed by atoms with Crippen LogP contribution in [0.3, 0.4) is 0 Å². The highest BCUT2D eigenvalue weighted by molar-refractivity contribution is 14.1. The van der Waals surface area contributed by atoms with Gasteiger partial charge in [-0.15, -0.1) is 0 Å². The molecule has 1 aromatic carbocycles. The zero-order chi connectivity index (χ0) is 12.3. The summed E-state index contributed by atoms with van der Waals surface area (Å²) in [6, 6.07) is 9.62. The predicted octanol–water partition coefficient (Wildman–Crippen LogP) is 2.72. The van der Waals surface area contributed by atoms with Crippen LogP contribution in [0.1, 0.15) is 5.56 Å². The maximum Gasteiger partial charge on any atom is 0.149 e. The lowest BCUT2D eigenvalue weighted by atomic mass is 10.2. The maximum atomic E-state index is 9.07. The van der Waals surface area contributed by atoms with Gasteiger partial charge in [0.15, 0.2) is 0 Å². The predicted molar refractivity (Wildman–Crippen MR) is 74.0 cm³/mol. The lowest BCUT2D eigenvalue weighted by Crippen LogP contribution is -2.14. The van der Waals surface area contributed by atoms with Crippen molar-refractivity contribution < 1.29 is 0 Å². The highest BCUT2D eigenvalue weighted by Crippen LogP contribution is 2.27. The van der Waals surface area contributed by atoms with Crippen molar-refractivity contribution in [2.75, 3.05) is 11.9 Å². The molecule has 1 aromatic heterocycles. The molecule has 84 valence electrons. The fourth-order valence-electron chi connectivity index (χ4n) is 1.53. The summed E-state index contributed by atoms with van der Waals surface area (Å²) >= 11 is 2.18. The van der Waals surface area contributed by atoms with Crippen molar-refractivity contribution in [3.05, 3.63) is 45.9 Å². The Bertz CT molecular complexity index is 577. The number of aromatic nitrogens is 2. The molecular formula is C12H9IN4. The summed E-state index contributed by atoms with van der Waals surface area (Å²) < 4.78 is 0.945. The molecule has 0 saturated carbocycles. The molecule has 5 heteroatoms. The number of hydrogen-bond acceptors (Lipinski definition) is 4. The Morgan fingerprint density at radius 3 is 2.82 bits per heavy atom. The van der Waals surface area contributed by atoms with E-state index in [0.29, 0.717) is 5.56 Å². The average Bonchev–Trinajstić information content (AvgIpc) is 2.38. The Morgan fingerprint density at radius 1 is 1.35 bits per heavy atom. The van der Waals surface area contributed by atoms with Gasteiger partial charge in [0.05, 0.1) is 14.8 Å². The third-order valence-electron chi connectivity index (χ3n) is 2.35. The van der Waals surface area contributed by atoms with Crippen LogP contribution in [0.2, 0.25) is 0 Å². The number of anilines is 2. The summed E-state index contributed by atoms with van der Waals surface area (Å²) in [4.78, 5) is 10.1. The first-order valence-electron chi connectivity index (χ1n) is 4.92. The van der Waals surface area contributed by atoms with E-state index in [-0.39, 0.29) is 0 Å². The van der Waals surface area contributed by atoms with Crippen LogP contribution in [0.4, 0.5) is 11.5 Å². The highest BCUT2D eigenvalue weighted by Gasteiger charge is 2.12. The minimum atomic E-state index is 0.629. The van der Waals surface area contributed by atoms with E-state index in [9.17, 15) is 0 Å². The van der Waals surface area contributed by atoms with Crippen LogP contribution in [0.5, 0.6) is 0 Å². The van der Waals surface area contributed by atoms with Gasteiger partial charge in [-0.3, -0.25) is 0 Å². The van der Waals surface area contributed by atoms with E-state index in [2.05, 4.69) is 38.6 Å². The van der Waals surface area contributed by atoms with Gasteiger partial charge in [0.1, 0.15) is 18.2 Å². The molecule has 0 aliphatic heterocycles. The van der Waals surface area contributed by atoms with Crippen molar-refractivity contribution in [3.8, 4) is 6.07 Å². The van der Waals surface area contributed by atoms with Gasteiger partial charge in [-0.05, 0) is 34.7 Å². The summed E-state index contributed by atoms with van der Waals surface area (Å²) in [5.74, 6) is 0.795. The zero-order valence-electron chi connectivity index (χ0n) is 9.13. The SMILES string of the molecule is CN(c1ccccc1C#N)c1ncncc1I. The van der Waals surface area contributed by atoms with E-state index >= 15 is 0 Å². The van der Waals surface area contributed by atoms with E-state index in [1.54, 1.807) is 12.3 Å². The first-order valence-corrected chi connectivity index (χ1v) is 6.00. The Morgan fingerprint density at radius 2 is 2.12 bits per heavy atom. The third kappa shape index (κ3) is 2.36. The van der Waals surface area contributed by atoms with Gasteiger partial charge in [-0.25, -0.2) is 9.97 Å². The van der Waals surface area contributed by atoms with Crippen LogP contribution in [0.25, 0.3) is 0 Å². The van der Waals surface area contributed by atoms with Crippen LogP contribution < -0.4 is 4.90 Å². The molecule has 0 unspecified atom stereocenters. The quantitative estimate of drug-likeness (QED) is 0.792. The summed E-state index contributed by atoms with van der Waals surface area (Å²) in [6.07, 6.45) is 3.25. The van der Waals surface area contributed by atoms with E-state index in [1.165, 1.54) is 6.33 Å². The number of nitrogens with zero attached hydrogens (tertiary/aromatic N) is 4. The van der Waals surface area contributed by atoms with Crippen LogP contribution >= 0.6 is 22.6 Å². The second-order valence-corrected chi connectivity index (χ2v) is 4.54. The van der Waals surface area contributed by atoms with E-state index in [1.807, 2.05) is 30.1 Å². The van der Waals surface area contributed by atoms with Gasteiger partial charge in [-0.1, -0.05) is 12.1 Å². The summed E-state index contributed by atoms with van der Waals surface area (Å²) in [5.41, 5.74) is 1.47. The summed E-state index contributed by atoms with van der Waals surface area (Å²) in [5, 5.41) is 9.07. The standard InChI is InChI=1S/C12H9IN4/c1-17(12-10(13)7-15-8-16-12)11-5-3-2-4-9(11)6-14/h2-5,7-8H,1H3. The Labute approximate surface area is 113 Å². The number of halogens is 1. The van der Waals surface area contributed by atoms with Gasteiger partial charge < -0.3 is 4.90 Å². The monoisotopic (exact) mass is 336 g/mol. The van der Waals surface area contributed by atoms with Gasteiger partial charge in [-0.2, -0.15) is 5.26 Å². The second-order valence-electron chi connectivity index (χ2n) is 3.38. The number of benzene rings is 1. The minimum absolute atomic E-state index is 0.629. The molecule has 0 aliphatic carbocycles.